The molecule has 0 N–H and O–H groups in total. The van der Waals surface area contributed by atoms with Crippen molar-refractivity contribution in [2.75, 3.05) is 7.11 Å². The predicted molar refractivity (Wildman–Crippen MR) is 68.8 cm³/mol. The lowest BCUT2D eigenvalue weighted by molar-refractivity contribution is -0.135. The van der Waals surface area contributed by atoms with Crippen molar-refractivity contribution in [1.29, 1.82) is 0 Å². The lowest BCUT2D eigenvalue weighted by atomic mass is 10.1. The van der Waals surface area contributed by atoms with Gasteiger partial charge in [-0.05, 0) is 12.5 Å². The average molecular weight is 258 g/mol. The number of esters is 1. The normalized spacial score (nSPS) is 11.9. The molecule has 0 aliphatic rings. The number of ether oxygens (including phenoxy) is 1. The molecule has 0 amide bonds. The van der Waals surface area contributed by atoms with E-state index in [1.165, 1.54) is 19.6 Å². The Balaban J connectivity index is 2.35. The fraction of sp³-hybridized carbons (Fsp3) is 0.214. The second-order valence-corrected chi connectivity index (χ2v) is 4.09. The first kappa shape index (κ1) is 13.0. The van der Waals surface area contributed by atoms with Crippen LogP contribution >= 0.6 is 0 Å². The number of imidazole rings is 1. The van der Waals surface area contributed by atoms with E-state index in [0.29, 0.717) is 0 Å². The molecule has 1 aromatic heterocycles. The molecule has 2 aromatic rings. The van der Waals surface area contributed by atoms with Gasteiger partial charge in [-0.15, -0.1) is 0 Å². The number of aromatic nitrogens is 2. The predicted octanol–water partition coefficient (Wildman–Crippen LogP) is 1.85. The zero-order valence-electron chi connectivity index (χ0n) is 10.7. The van der Waals surface area contributed by atoms with Gasteiger partial charge in [0.15, 0.2) is 0 Å². The molecule has 0 radical (unpaired) electrons. The summed E-state index contributed by atoms with van der Waals surface area (Å²) in [6, 6.07) is 9.58. The van der Waals surface area contributed by atoms with Crippen molar-refractivity contribution in [2.45, 2.75) is 13.0 Å². The highest BCUT2D eigenvalue weighted by Crippen LogP contribution is 2.19. The Morgan fingerprint density at radius 3 is 2.58 bits per heavy atom. The Morgan fingerprint density at radius 1 is 1.26 bits per heavy atom. The second kappa shape index (κ2) is 5.48. The SMILES string of the molecule is COC(=O)C(=O)c1cncn1[C@H](C)c1ccccc1. The number of hydrogen-bond acceptors (Lipinski definition) is 4. The van der Waals surface area contributed by atoms with Gasteiger partial charge in [-0.3, -0.25) is 4.79 Å². The molecule has 1 atom stereocenters. The lowest BCUT2D eigenvalue weighted by Gasteiger charge is -2.15. The summed E-state index contributed by atoms with van der Waals surface area (Å²) in [6.45, 7) is 1.94. The highest BCUT2D eigenvalue weighted by Gasteiger charge is 2.23. The molecule has 0 saturated carbocycles. The summed E-state index contributed by atoms with van der Waals surface area (Å²) in [5.74, 6) is -1.58. The van der Waals surface area contributed by atoms with Crippen LogP contribution < -0.4 is 0 Å². The summed E-state index contributed by atoms with van der Waals surface area (Å²) in [4.78, 5) is 27.1. The fourth-order valence-corrected chi connectivity index (χ4v) is 1.88. The third kappa shape index (κ3) is 2.54. The van der Waals surface area contributed by atoms with Crippen molar-refractivity contribution in [1.82, 2.24) is 9.55 Å². The van der Waals surface area contributed by atoms with Crippen molar-refractivity contribution in [3.05, 3.63) is 54.1 Å². The van der Waals surface area contributed by atoms with Gasteiger partial charge in [-0.2, -0.15) is 0 Å². The minimum atomic E-state index is -0.887. The maximum atomic E-state index is 11.9. The number of methoxy groups -OCH3 is 1. The van der Waals surface area contributed by atoms with Crippen molar-refractivity contribution in [3.63, 3.8) is 0 Å². The smallest absolute Gasteiger partial charge is 0.381 e. The summed E-state index contributed by atoms with van der Waals surface area (Å²) in [5.41, 5.74) is 1.25. The van der Waals surface area contributed by atoms with E-state index in [0.717, 1.165) is 5.56 Å². The van der Waals surface area contributed by atoms with Crippen LogP contribution in [0.2, 0.25) is 0 Å². The highest BCUT2D eigenvalue weighted by atomic mass is 16.5. The molecule has 0 aliphatic carbocycles. The molecule has 0 aliphatic heterocycles. The van der Waals surface area contributed by atoms with Gasteiger partial charge in [0.05, 0.1) is 25.7 Å². The Labute approximate surface area is 110 Å². The van der Waals surface area contributed by atoms with E-state index in [1.807, 2.05) is 37.3 Å². The Kier molecular flexibility index (Phi) is 3.75. The Morgan fingerprint density at radius 2 is 1.95 bits per heavy atom. The summed E-state index contributed by atoms with van der Waals surface area (Å²) in [5, 5.41) is 0. The molecule has 0 spiro atoms. The van der Waals surface area contributed by atoms with Gasteiger partial charge in [0.2, 0.25) is 0 Å². The van der Waals surface area contributed by atoms with Crippen LogP contribution in [0.25, 0.3) is 0 Å². The molecule has 0 unspecified atom stereocenters. The molecule has 0 bridgehead atoms. The maximum Gasteiger partial charge on any atom is 0.381 e. The lowest BCUT2D eigenvalue weighted by Crippen LogP contribution is -2.21. The standard InChI is InChI=1S/C14H14N2O3/c1-10(11-6-4-3-5-7-11)16-9-15-8-12(16)13(17)14(18)19-2/h3-10H,1-2H3/t10-/m1/s1. The Hall–Kier alpha value is -2.43. The molecule has 5 nitrogen and oxygen atoms in total. The van der Waals surface area contributed by atoms with Crippen molar-refractivity contribution < 1.29 is 14.3 Å². The number of ketones is 1. The van der Waals surface area contributed by atoms with E-state index in [9.17, 15) is 9.59 Å². The fourth-order valence-electron chi connectivity index (χ4n) is 1.88. The number of carbonyl (C=O) groups excluding carboxylic acids is 2. The van der Waals surface area contributed by atoms with E-state index in [-0.39, 0.29) is 11.7 Å². The van der Waals surface area contributed by atoms with Crippen LogP contribution in [0, 0.1) is 0 Å². The summed E-state index contributed by atoms with van der Waals surface area (Å²) in [7, 11) is 1.18. The summed E-state index contributed by atoms with van der Waals surface area (Å²) in [6.07, 6.45) is 2.91. The number of hydrogen-bond donors (Lipinski definition) is 0. The van der Waals surface area contributed by atoms with Gasteiger partial charge in [0, 0.05) is 0 Å². The van der Waals surface area contributed by atoms with Crippen LogP contribution in [0.3, 0.4) is 0 Å². The molecule has 19 heavy (non-hydrogen) atoms. The van der Waals surface area contributed by atoms with Crippen LogP contribution in [-0.2, 0) is 9.53 Å². The maximum absolute atomic E-state index is 11.9. The number of nitrogens with zero attached hydrogens (tertiary/aromatic N) is 2. The second-order valence-electron chi connectivity index (χ2n) is 4.09. The van der Waals surface area contributed by atoms with Gasteiger partial charge >= 0.3 is 5.97 Å². The van der Waals surface area contributed by atoms with Crippen LogP contribution in [0.15, 0.2) is 42.9 Å². The zero-order valence-corrected chi connectivity index (χ0v) is 10.7. The molecule has 1 aromatic carbocycles. The number of carbonyl (C=O) groups is 2. The van der Waals surface area contributed by atoms with Gasteiger partial charge in [0.1, 0.15) is 5.69 Å². The molecule has 0 fully saturated rings. The van der Waals surface area contributed by atoms with E-state index in [1.54, 1.807) is 4.57 Å². The van der Waals surface area contributed by atoms with Crippen molar-refractivity contribution in [2.24, 2.45) is 0 Å². The monoisotopic (exact) mass is 258 g/mol. The molecular weight excluding hydrogens is 244 g/mol. The van der Waals surface area contributed by atoms with Crippen LogP contribution in [0.4, 0.5) is 0 Å². The van der Waals surface area contributed by atoms with E-state index in [2.05, 4.69) is 9.72 Å². The number of rotatable bonds is 4. The van der Waals surface area contributed by atoms with Gasteiger partial charge in [-0.1, -0.05) is 30.3 Å². The minimum Gasteiger partial charge on any atom is -0.463 e. The van der Waals surface area contributed by atoms with Crippen molar-refractivity contribution in [3.8, 4) is 0 Å². The van der Waals surface area contributed by atoms with Gasteiger partial charge < -0.3 is 9.30 Å². The van der Waals surface area contributed by atoms with E-state index >= 15 is 0 Å². The Bertz CT molecular complexity index is 590. The molecular formula is C14H14N2O3. The largest absolute Gasteiger partial charge is 0.463 e. The van der Waals surface area contributed by atoms with Crippen LogP contribution in [-0.4, -0.2) is 28.4 Å². The van der Waals surface area contributed by atoms with E-state index in [4.69, 9.17) is 0 Å². The first-order valence-electron chi connectivity index (χ1n) is 5.84. The molecule has 0 saturated heterocycles. The number of Topliss-reactive ketones (excluding diaryl/α,β-unsaturated/α-hetero) is 1. The highest BCUT2D eigenvalue weighted by molar-refractivity contribution is 6.40. The van der Waals surface area contributed by atoms with Gasteiger partial charge in [-0.25, -0.2) is 9.78 Å². The summed E-state index contributed by atoms with van der Waals surface area (Å²) >= 11 is 0. The molecule has 98 valence electrons. The first-order chi connectivity index (χ1) is 9.15. The molecule has 2 rings (SSSR count). The third-order valence-corrected chi connectivity index (χ3v) is 2.97. The minimum absolute atomic E-state index is 0.0905. The van der Waals surface area contributed by atoms with Crippen LogP contribution in [0.5, 0.6) is 0 Å². The third-order valence-electron chi connectivity index (χ3n) is 2.97. The average Bonchev–Trinajstić information content (AvgIpc) is 2.95. The molecule has 1 heterocycles. The van der Waals surface area contributed by atoms with Crippen molar-refractivity contribution >= 4 is 11.8 Å². The summed E-state index contributed by atoms with van der Waals surface area (Å²) < 4.78 is 6.11. The molecule has 5 heteroatoms. The topological polar surface area (TPSA) is 61.2 Å². The number of benzene rings is 1. The quantitative estimate of drug-likeness (QED) is 0.477. The zero-order chi connectivity index (χ0) is 13.8. The first-order valence-corrected chi connectivity index (χ1v) is 5.84. The van der Waals surface area contributed by atoms with Crippen LogP contribution in [0.1, 0.15) is 29.0 Å². The van der Waals surface area contributed by atoms with E-state index < -0.39 is 11.8 Å². The van der Waals surface area contributed by atoms with Gasteiger partial charge in [0.25, 0.3) is 5.78 Å².